The van der Waals surface area contributed by atoms with E-state index in [1.165, 1.54) is 0 Å². The molecule has 1 aliphatic carbocycles. The van der Waals surface area contributed by atoms with Crippen molar-refractivity contribution in [2.75, 3.05) is 6.54 Å². The molecule has 3 rings (SSSR count). The van der Waals surface area contributed by atoms with Gasteiger partial charge in [0.05, 0.1) is 6.04 Å². The highest BCUT2D eigenvalue weighted by Gasteiger charge is 2.42. The third-order valence-electron chi connectivity index (χ3n) is 4.97. The van der Waals surface area contributed by atoms with E-state index in [1.807, 2.05) is 51.1 Å². The van der Waals surface area contributed by atoms with Gasteiger partial charge in [0.15, 0.2) is 0 Å². The lowest BCUT2D eigenvalue weighted by Gasteiger charge is -2.41. The third kappa shape index (κ3) is 6.10. The summed E-state index contributed by atoms with van der Waals surface area (Å²) in [6.45, 7) is 6.10. The first-order valence-electron chi connectivity index (χ1n) is 9.96. The lowest BCUT2D eigenvalue weighted by atomic mass is 9.85. The van der Waals surface area contributed by atoms with Crippen LogP contribution < -0.4 is 10.6 Å². The van der Waals surface area contributed by atoms with Gasteiger partial charge in [-0.05, 0) is 39.2 Å². The Balaban J connectivity index is 1.37. The summed E-state index contributed by atoms with van der Waals surface area (Å²) in [5, 5.41) is 5.60. The van der Waals surface area contributed by atoms with Gasteiger partial charge in [0.1, 0.15) is 12.2 Å². The molecular formula is C21H29N3O5. The highest BCUT2D eigenvalue weighted by Crippen LogP contribution is 2.29. The molecule has 29 heavy (non-hydrogen) atoms. The fourth-order valence-corrected chi connectivity index (χ4v) is 3.55. The normalized spacial score (nSPS) is 23.9. The van der Waals surface area contributed by atoms with Gasteiger partial charge in [0.25, 0.3) is 0 Å². The molecule has 0 bridgehead atoms. The Kier molecular flexibility index (Phi) is 6.30. The minimum Gasteiger partial charge on any atom is -0.445 e. The van der Waals surface area contributed by atoms with E-state index >= 15 is 0 Å². The third-order valence-corrected chi connectivity index (χ3v) is 4.97. The zero-order valence-corrected chi connectivity index (χ0v) is 17.1. The molecule has 2 N–H and O–H groups in total. The van der Waals surface area contributed by atoms with E-state index in [0.717, 1.165) is 5.56 Å². The van der Waals surface area contributed by atoms with E-state index in [0.29, 0.717) is 19.4 Å². The van der Waals surface area contributed by atoms with Gasteiger partial charge in [0, 0.05) is 25.0 Å². The molecule has 8 heteroatoms. The summed E-state index contributed by atoms with van der Waals surface area (Å²) < 4.78 is 10.5. The Labute approximate surface area is 170 Å². The summed E-state index contributed by atoms with van der Waals surface area (Å²) in [6.07, 6.45) is 0.689. The van der Waals surface area contributed by atoms with Gasteiger partial charge in [-0.2, -0.15) is 0 Å². The lowest BCUT2D eigenvalue weighted by Crippen LogP contribution is -2.55. The van der Waals surface area contributed by atoms with E-state index in [2.05, 4.69) is 10.6 Å². The maximum Gasteiger partial charge on any atom is 0.407 e. The van der Waals surface area contributed by atoms with Gasteiger partial charge in [-0.1, -0.05) is 30.3 Å². The summed E-state index contributed by atoms with van der Waals surface area (Å²) in [6, 6.07) is 9.25. The Morgan fingerprint density at radius 2 is 1.72 bits per heavy atom. The predicted octanol–water partition coefficient (Wildman–Crippen LogP) is 2.57. The van der Waals surface area contributed by atoms with Crippen molar-refractivity contribution in [3.63, 3.8) is 0 Å². The second-order valence-corrected chi connectivity index (χ2v) is 8.62. The van der Waals surface area contributed by atoms with Crippen LogP contribution in [0.3, 0.4) is 0 Å². The molecule has 3 amide bonds. The van der Waals surface area contributed by atoms with Gasteiger partial charge < -0.3 is 25.0 Å². The van der Waals surface area contributed by atoms with Crippen LogP contribution in [-0.4, -0.2) is 53.3 Å². The molecule has 0 unspecified atom stereocenters. The summed E-state index contributed by atoms with van der Waals surface area (Å²) in [5.41, 5.74) is 0.372. The largest absolute Gasteiger partial charge is 0.445 e. The average molecular weight is 403 g/mol. The van der Waals surface area contributed by atoms with Crippen molar-refractivity contribution < 1.29 is 23.9 Å². The van der Waals surface area contributed by atoms with Gasteiger partial charge in [0.2, 0.25) is 5.91 Å². The van der Waals surface area contributed by atoms with Gasteiger partial charge in [-0.25, -0.2) is 9.59 Å². The smallest absolute Gasteiger partial charge is 0.407 e. The monoisotopic (exact) mass is 403 g/mol. The van der Waals surface area contributed by atoms with Crippen LogP contribution in [0.2, 0.25) is 0 Å². The standard InChI is InChI=1S/C21H29N3O5/c1-21(2,3)29-20(27)22-15-9-17(10-15)24-12-16(11-18(24)25)23-19(26)28-13-14-7-5-4-6-8-14/h4-8,15-17H,9-13H2,1-3H3,(H,22,27)(H,23,26)/t15?,16-,17?/m0/s1. The van der Waals surface area contributed by atoms with E-state index in [1.54, 1.807) is 4.90 Å². The van der Waals surface area contributed by atoms with Crippen molar-refractivity contribution in [3.05, 3.63) is 35.9 Å². The van der Waals surface area contributed by atoms with Crippen molar-refractivity contribution in [2.45, 2.75) is 70.4 Å². The van der Waals surface area contributed by atoms with Gasteiger partial charge >= 0.3 is 12.2 Å². The van der Waals surface area contributed by atoms with Crippen LogP contribution in [0.15, 0.2) is 30.3 Å². The SMILES string of the molecule is CC(C)(C)OC(=O)NC1CC(N2C[C@@H](NC(=O)OCc3ccccc3)CC2=O)C1. The van der Waals surface area contributed by atoms with Crippen LogP contribution in [0.25, 0.3) is 0 Å². The quantitative estimate of drug-likeness (QED) is 0.788. The van der Waals surface area contributed by atoms with Crippen LogP contribution in [0, 0.1) is 0 Å². The number of nitrogens with zero attached hydrogens (tertiary/aromatic N) is 1. The molecule has 0 radical (unpaired) electrons. The number of hydrogen-bond donors (Lipinski definition) is 2. The maximum atomic E-state index is 12.3. The molecule has 8 nitrogen and oxygen atoms in total. The fraction of sp³-hybridized carbons (Fsp3) is 0.571. The van der Waals surface area contributed by atoms with E-state index in [4.69, 9.17) is 9.47 Å². The molecule has 158 valence electrons. The van der Waals surface area contributed by atoms with E-state index in [9.17, 15) is 14.4 Å². The Morgan fingerprint density at radius 1 is 1.07 bits per heavy atom. The molecule has 2 fully saturated rings. The average Bonchev–Trinajstić information content (AvgIpc) is 2.95. The summed E-state index contributed by atoms with van der Waals surface area (Å²) >= 11 is 0. The minimum atomic E-state index is -0.536. The number of rotatable bonds is 5. The van der Waals surface area contributed by atoms with Crippen molar-refractivity contribution in [3.8, 4) is 0 Å². The van der Waals surface area contributed by atoms with Gasteiger partial charge in [-0.3, -0.25) is 4.79 Å². The number of amides is 3. The summed E-state index contributed by atoms with van der Waals surface area (Å²) in [4.78, 5) is 37.9. The topological polar surface area (TPSA) is 97.0 Å². The van der Waals surface area contributed by atoms with Gasteiger partial charge in [-0.15, -0.1) is 0 Å². The van der Waals surface area contributed by atoms with E-state index < -0.39 is 17.8 Å². The molecule has 1 saturated carbocycles. The zero-order valence-electron chi connectivity index (χ0n) is 17.1. The fourth-order valence-electron chi connectivity index (χ4n) is 3.55. The van der Waals surface area contributed by atoms with Crippen molar-refractivity contribution in [1.29, 1.82) is 0 Å². The Bertz CT molecular complexity index is 740. The van der Waals surface area contributed by atoms with Crippen LogP contribution in [-0.2, 0) is 20.9 Å². The van der Waals surface area contributed by atoms with Crippen LogP contribution >= 0.6 is 0 Å². The number of hydrogen-bond acceptors (Lipinski definition) is 5. The molecule has 2 aliphatic rings. The van der Waals surface area contributed by atoms with E-state index in [-0.39, 0.29) is 37.1 Å². The number of carbonyl (C=O) groups excluding carboxylic acids is 3. The first-order chi connectivity index (χ1) is 13.7. The predicted molar refractivity (Wildman–Crippen MR) is 106 cm³/mol. The second kappa shape index (κ2) is 8.71. The first kappa shape index (κ1) is 21.0. The molecule has 0 aromatic heterocycles. The summed E-state index contributed by atoms with van der Waals surface area (Å²) in [7, 11) is 0. The lowest BCUT2D eigenvalue weighted by molar-refractivity contribution is -0.131. The molecular weight excluding hydrogens is 374 g/mol. The number of carbonyl (C=O) groups is 3. The molecule has 1 atom stereocenters. The number of ether oxygens (including phenoxy) is 2. The molecule has 0 spiro atoms. The minimum absolute atomic E-state index is 0.00509. The second-order valence-electron chi connectivity index (χ2n) is 8.62. The molecule has 1 aromatic carbocycles. The summed E-state index contributed by atoms with van der Waals surface area (Å²) in [5.74, 6) is 0.0130. The van der Waals surface area contributed by atoms with Crippen molar-refractivity contribution in [2.24, 2.45) is 0 Å². The Hall–Kier alpha value is -2.77. The van der Waals surface area contributed by atoms with Crippen LogP contribution in [0.5, 0.6) is 0 Å². The zero-order chi connectivity index (χ0) is 21.0. The highest BCUT2D eigenvalue weighted by atomic mass is 16.6. The Morgan fingerprint density at radius 3 is 2.38 bits per heavy atom. The molecule has 1 heterocycles. The number of benzene rings is 1. The van der Waals surface area contributed by atoms with Crippen molar-refractivity contribution in [1.82, 2.24) is 15.5 Å². The number of alkyl carbamates (subject to hydrolysis) is 2. The molecule has 1 aromatic rings. The first-order valence-corrected chi connectivity index (χ1v) is 9.96. The van der Waals surface area contributed by atoms with Crippen LogP contribution in [0.1, 0.15) is 45.6 Å². The maximum absolute atomic E-state index is 12.3. The van der Waals surface area contributed by atoms with Crippen molar-refractivity contribution >= 4 is 18.1 Å². The molecule has 1 saturated heterocycles. The molecule has 1 aliphatic heterocycles. The number of likely N-dealkylation sites (tertiary alicyclic amines) is 1. The number of nitrogens with one attached hydrogen (secondary N) is 2. The highest BCUT2D eigenvalue weighted by molar-refractivity contribution is 5.81. The van der Waals surface area contributed by atoms with Crippen LogP contribution in [0.4, 0.5) is 9.59 Å².